The Balaban J connectivity index is 2.12. The van der Waals surface area contributed by atoms with Crippen molar-refractivity contribution in [3.8, 4) is 16.9 Å². The molecule has 0 spiro atoms. The minimum Gasteiger partial charge on any atom is -0.478 e. The van der Waals surface area contributed by atoms with E-state index < -0.39 is 5.97 Å². The molecule has 0 unspecified atom stereocenters. The Morgan fingerprint density at radius 3 is 2.33 bits per heavy atom. The molecule has 0 fully saturated rings. The molecule has 1 N–H and O–H groups in total. The van der Waals surface area contributed by atoms with Crippen molar-refractivity contribution in [3.63, 3.8) is 0 Å². The second-order valence-electron chi connectivity index (χ2n) is 7.04. The van der Waals surface area contributed by atoms with E-state index in [1.807, 2.05) is 26.0 Å². The van der Waals surface area contributed by atoms with Gasteiger partial charge < -0.3 is 5.11 Å². The highest BCUT2D eigenvalue weighted by atomic mass is 35.5. The van der Waals surface area contributed by atoms with Gasteiger partial charge in [-0.3, -0.25) is 4.79 Å². The fraction of sp³-hybridized carbons (Fsp3) is 0.130. The normalized spacial score (nSPS) is 11.1. The Morgan fingerprint density at radius 2 is 1.70 bits per heavy atom. The van der Waals surface area contributed by atoms with Crippen molar-refractivity contribution in [2.45, 2.75) is 20.8 Å². The molecule has 0 atom stereocenters. The molecule has 150 valence electrons. The molecule has 6 nitrogen and oxygen atoms in total. The number of pyridine rings is 1. The summed E-state index contributed by atoms with van der Waals surface area (Å²) in [6.07, 6.45) is 0. The number of carboxylic acid groups (broad SMARTS) is 1. The molecule has 7 heteroatoms. The maximum Gasteiger partial charge on any atom is 0.336 e. The van der Waals surface area contributed by atoms with E-state index >= 15 is 0 Å². The summed E-state index contributed by atoms with van der Waals surface area (Å²) in [5.74, 6) is -1.27. The monoisotopic (exact) mass is 419 g/mol. The Morgan fingerprint density at radius 1 is 1.03 bits per heavy atom. The number of ketones is 1. The number of carbonyl (C=O) groups excluding carboxylic acids is 1. The summed E-state index contributed by atoms with van der Waals surface area (Å²) in [5, 5.41) is 15.7. The molecule has 4 aromatic rings. The molecule has 2 aromatic heterocycles. The number of benzene rings is 2. The number of Topliss-reactive ketones (excluding diaryl/α,β-unsaturated/α-hetero) is 1. The first-order chi connectivity index (χ1) is 14.3. The lowest BCUT2D eigenvalue weighted by Crippen LogP contribution is -2.08. The van der Waals surface area contributed by atoms with Crippen LogP contribution in [0.5, 0.6) is 0 Å². The summed E-state index contributed by atoms with van der Waals surface area (Å²) in [5.41, 5.74) is 3.97. The molecular weight excluding hydrogens is 402 g/mol. The second-order valence-corrected chi connectivity index (χ2v) is 7.48. The predicted octanol–water partition coefficient (Wildman–Crippen LogP) is 5.26. The second kappa shape index (κ2) is 7.39. The zero-order valence-corrected chi connectivity index (χ0v) is 17.4. The van der Waals surface area contributed by atoms with Gasteiger partial charge in [-0.2, -0.15) is 5.10 Å². The van der Waals surface area contributed by atoms with Crippen LogP contribution < -0.4 is 0 Å². The molecule has 2 heterocycles. The van der Waals surface area contributed by atoms with Crippen LogP contribution in [0.3, 0.4) is 0 Å². The summed E-state index contributed by atoms with van der Waals surface area (Å²) in [6, 6.07) is 13.7. The lowest BCUT2D eigenvalue weighted by Gasteiger charge is -2.14. The minimum atomic E-state index is -1.08. The molecule has 0 aliphatic heterocycles. The van der Waals surface area contributed by atoms with Gasteiger partial charge in [-0.15, -0.1) is 0 Å². The lowest BCUT2D eigenvalue weighted by atomic mass is 9.94. The summed E-state index contributed by atoms with van der Waals surface area (Å²) in [4.78, 5) is 29.2. The Labute approximate surface area is 177 Å². The van der Waals surface area contributed by atoms with Gasteiger partial charge in [0.05, 0.1) is 22.6 Å². The summed E-state index contributed by atoms with van der Waals surface area (Å²) in [6.45, 7) is 5.16. The number of fused-ring (bicyclic) bond motifs is 1. The van der Waals surface area contributed by atoms with Crippen LogP contribution in [0.15, 0.2) is 48.5 Å². The van der Waals surface area contributed by atoms with Crippen LogP contribution in [0.1, 0.15) is 38.9 Å². The fourth-order valence-corrected chi connectivity index (χ4v) is 3.91. The lowest BCUT2D eigenvalue weighted by molar-refractivity contribution is 0.0697. The number of nitrogens with zero attached hydrogens (tertiary/aromatic N) is 3. The minimum absolute atomic E-state index is 0.0838. The largest absolute Gasteiger partial charge is 0.478 e. The number of halogens is 1. The molecule has 0 saturated carbocycles. The number of carbonyl (C=O) groups is 2. The highest BCUT2D eigenvalue weighted by Gasteiger charge is 2.24. The number of hydrogen-bond donors (Lipinski definition) is 1. The van der Waals surface area contributed by atoms with Crippen molar-refractivity contribution < 1.29 is 14.7 Å². The zero-order chi connectivity index (χ0) is 21.6. The number of aryl methyl sites for hydroxylation is 2. The smallest absolute Gasteiger partial charge is 0.336 e. The van der Waals surface area contributed by atoms with E-state index in [-0.39, 0.29) is 11.3 Å². The molecular formula is C23H18ClN3O3. The van der Waals surface area contributed by atoms with Crippen LogP contribution in [0, 0.1) is 13.8 Å². The van der Waals surface area contributed by atoms with Gasteiger partial charge in [-0.05, 0) is 56.7 Å². The molecule has 4 rings (SSSR count). The van der Waals surface area contributed by atoms with E-state index in [4.69, 9.17) is 16.6 Å². The van der Waals surface area contributed by atoms with Gasteiger partial charge in [0.2, 0.25) is 0 Å². The fourth-order valence-electron chi connectivity index (χ4n) is 3.79. The van der Waals surface area contributed by atoms with Crippen LogP contribution in [0.25, 0.3) is 28.0 Å². The number of aromatic nitrogens is 3. The number of aromatic carboxylic acids is 1. The van der Waals surface area contributed by atoms with Crippen molar-refractivity contribution in [1.29, 1.82) is 0 Å². The first kappa shape index (κ1) is 19.8. The average molecular weight is 420 g/mol. The van der Waals surface area contributed by atoms with Crippen LogP contribution in [0.4, 0.5) is 0 Å². The van der Waals surface area contributed by atoms with Gasteiger partial charge in [0.1, 0.15) is 0 Å². The van der Waals surface area contributed by atoms with Gasteiger partial charge in [-0.1, -0.05) is 29.8 Å². The SMILES string of the molecule is CC(=O)c1c(-c2ccccc2C(=O)O)nc2c(c(C)nn2-c2ccc(Cl)cc2)c1C. The van der Waals surface area contributed by atoms with E-state index in [0.29, 0.717) is 27.5 Å². The van der Waals surface area contributed by atoms with Crippen molar-refractivity contribution in [2.24, 2.45) is 0 Å². The first-order valence-corrected chi connectivity index (χ1v) is 9.67. The molecule has 0 bridgehead atoms. The number of rotatable bonds is 4. The average Bonchev–Trinajstić information content (AvgIpc) is 3.04. The number of hydrogen-bond acceptors (Lipinski definition) is 4. The summed E-state index contributed by atoms with van der Waals surface area (Å²) < 4.78 is 1.69. The first-order valence-electron chi connectivity index (χ1n) is 9.29. The van der Waals surface area contributed by atoms with E-state index in [1.54, 1.807) is 35.0 Å². The quantitative estimate of drug-likeness (QED) is 0.456. The van der Waals surface area contributed by atoms with E-state index in [1.165, 1.54) is 13.0 Å². The van der Waals surface area contributed by atoms with E-state index in [9.17, 15) is 14.7 Å². The van der Waals surface area contributed by atoms with Gasteiger partial charge in [0.15, 0.2) is 11.4 Å². The Hall–Kier alpha value is -3.51. The molecule has 0 aliphatic rings. The third kappa shape index (κ3) is 3.15. The van der Waals surface area contributed by atoms with E-state index in [0.717, 1.165) is 22.3 Å². The molecule has 0 aliphatic carbocycles. The van der Waals surface area contributed by atoms with Crippen LogP contribution in [-0.4, -0.2) is 31.6 Å². The summed E-state index contributed by atoms with van der Waals surface area (Å²) >= 11 is 6.02. The zero-order valence-electron chi connectivity index (χ0n) is 16.6. The van der Waals surface area contributed by atoms with Crippen LogP contribution in [-0.2, 0) is 0 Å². The van der Waals surface area contributed by atoms with Crippen molar-refractivity contribution >= 4 is 34.4 Å². The Bertz CT molecular complexity index is 1320. The van der Waals surface area contributed by atoms with Gasteiger partial charge >= 0.3 is 5.97 Å². The third-order valence-corrected chi connectivity index (χ3v) is 5.33. The highest BCUT2D eigenvalue weighted by Crippen LogP contribution is 2.34. The maximum atomic E-state index is 12.6. The molecule has 0 saturated heterocycles. The van der Waals surface area contributed by atoms with Crippen molar-refractivity contribution in [3.05, 3.63) is 75.9 Å². The topological polar surface area (TPSA) is 85.1 Å². The van der Waals surface area contributed by atoms with E-state index in [2.05, 4.69) is 5.10 Å². The molecule has 0 amide bonds. The molecule has 30 heavy (non-hydrogen) atoms. The highest BCUT2D eigenvalue weighted by molar-refractivity contribution is 6.30. The van der Waals surface area contributed by atoms with Gasteiger partial charge in [0.25, 0.3) is 0 Å². The predicted molar refractivity (Wildman–Crippen MR) is 116 cm³/mol. The number of carboxylic acids is 1. The molecule has 0 radical (unpaired) electrons. The summed E-state index contributed by atoms with van der Waals surface area (Å²) in [7, 11) is 0. The molecule has 2 aromatic carbocycles. The standard InChI is InChI=1S/C23H18ClN3O3/c1-12-19-13(2)26-27(16-10-8-15(24)9-11-16)22(19)25-21(20(12)14(3)28)17-6-4-5-7-18(17)23(29)30/h4-11H,1-3H3,(H,29,30). The van der Waals surface area contributed by atoms with Crippen molar-refractivity contribution in [2.75, 3.05) is 0 Å². The van der Waals surface area contributed by atoms with Gasteiger partial charge in [-0.25, -0.2) is 14.5 Å². The van der Waals surface area contributed by atoms with Crippen LogP contribution >= 0.6 is 11.6 Å². The Kier molecular flexibility index (Phi) is 4.87. The maximum absolute atomic E-state index is 12.6. The van der Waals surface area contributed by atoms with Gasteiger partial charge in [0, 0.05) is 21.5 Å². The van der Waals surface area contributed by atoms with Crippen molar-refractivity contribution in [1.82, 2.24) is 14.8 Å². The third-order valence-electron chi connectivity index (χ3n) is 5.08. The van der Waals surface area contributed by atoms with Crippen LogP contribution in [0.2, 0.25) is 5.02 Å².